The first-order valence-electron chi connectivity index (χ1n) is 4.10. The lowest BCUT2D eigenvalue weighted by Crippen LogP contribution is -2.48. The summed E-state index contributed by atoms with van der Waals surface area (Å²) in [5.41, 5.74) is 6.32. The van der Waals surface area contributed by atoms with Gasteiger partial charge in [-0.15, -0.1) is 0 Å². The van der Waals surface area contributed by atoms with E-state index < -0.39 is 0 Å². The predicted molar refractivity (Wildman–Crippen MR) is 47.0 cm³/mol. The summed E-state index contributed by atoms with van der Waals surface area (Å²) in [5.74, 6) is 0. The molecule has 0 fully saturated rings. The molecule has 0 aromatic heterocycles. The van der Waals surface area contributed by atoms with Gasteiger partial charge in [-0.1, -0.05) is 34.1 Å². The Balaban J connectivity index is 4.10. The van der Waals surface area contributed by atoms with Gasteiger partial charge in [-0.25, -0.2) is 0 Å². The summed E-state index contributed by atoms with van der Waals surface area (Å²) < 4.78 is 0. The van der Waals surface area contributed by atoms with E-state index in [1.54, 1.807) is 0 Å². The van der Waals surface area contributed by atoms with Crippen molar-refractivity contribution < 1.29 is 0 Å². The number of rotatable bonds is 2. The molecule has 0 aromatic carbocycles. The Morgan fingerprint density at radius 2 is 1.50 bits per heavy atom. The molecule has 0 heterocycles. The van der Waals surface area contributed by atoms with Crippen molar-refractivity contribution in [3.05, 3.63) is 0 Å². The van der Waals surface area contributed by atoms with Gasteiger partial charge in [-0.05, 0) is 18.8 Å². The van der Waals surface area contributed by atoms with Crippen LogP contribution in [0.5, 0.6) is 0 Å². The van der Waals surface area contributed by atoms with Crippen LogP contribution in [0.4, 0.5) is 0 Å². The van der Waals surface area contributed by atoms with Crippen LogP contribution in [0.25, 0.3) is 0 Å². The molecule has 0 aliphatic carbocycles. The second-order valence-electron chi connectivity index (χ2n) is 4.42. The molecule has 2 N–H and O–H groups in total. The van der Waals surface area contributed by atoms with E-state index in [1.165, 1.54) is 6.42 Å². The summed E-state index contributed by atoms with van der Waals surface area (Å²) in [5, 5.41) is 0. The van der Waals surface area contributed by atoms with E-state index >= 15 is 0 Å². The highest BCUT2D eigenvalue weighted by molar-refractivity contribution is 4.90. The van der Waals surface area contributed by atoms with Crippen molar-refractivity contribution in [2.75, 3.05) is 0 Å². The molecule has 1 unspecified atom stereocenters. The summed E-state index contributed by atoms with van der Waals surface area (Å²) in [7, 11) is 0. The van der Waals surface area contributed by atoms with E-state index in [0.717, 1.165) is 6.42 Å². The second kappa shape index (κ2) is 2.91. The van der Waals surface area contributed by atoms with Crippen LogP contribution in [0.15, 0.2) is 0 Å². The average molecular weight is 143 g/mol. The summed E-state index contributed by atoms with van der Waals surface area (Å²) in [6.45, 7) is 10.9. The fourth-order valence-electron chi connectivity index (χ4n) is 0.894. The van der Waals surface area contributed by atoms with Crippen molar-refractivity contribution in [2.45, 2.75) is 53.0 Å². The monoisotopic (exact) mass is 143 g/mol. The molecule has 0 amide bonds. The Morgan fingerprint density at radius 3 is 1.60 bits per heavy atom. The van der Waals surface area contributed by atoms with E-state index in [2.05, 4.69) is 34.6 Å². The third kappa shape index (κ3) is 2.30. The van der Waals surface area contributed by atoms with Gasteiger partial charge in [-0.2, -0.15) is 0 Å². The van der Waals surface area contributed by atoms with Crippen LogP contribution in [0.1, 0.15) is 47.5 Å². The Bertz CT molecular complexity index is 97.8. The lowest BCUT2D eigenvalue weighted by molar-refractivity contribution is 0.193. The summed E-state index contributed by atoms with van der Waals surface area (Å²) in [6, 6.07) is 0. The number of hydrogen-bond acceptors (Lipinski definition) is 1. The molecule has 1 heteroatoms. The third-order valence-corrected chi connectivity index (χ3v) is 2.48. The Kier molecular flexibility index (Phi) is 2.90. The van der Waals surface area contributed by atoms with Gasteiger partial charge in [0.1, 0.15) is 0 Å². The van der Waals surface area contributed by atoms with Crippen LogP contribution in [0, 0.1) is 5.41 Å². The molecular weight excluding hydrogens is 122 g/mol. The third-order valence-electron chi connectivity index (χ3n) is 2.48. The maximum Gasteiger partial charge on any atom is 0.0174 e. The summed E-state index contributed by atoms with van der Waals surface area (Å²) in [6.07, 6.45) is 2.28. The van der Waals surface area contributed by atoms with E-state index in [0.29, 0.717) is 0 Å². The van der Waals surface area contributed by atoms with E-state index in [-0.39, 0.29) is 11.0 Å². The van der Waals surface area contributed by atoms with Crippen LogP contribution in [-0.2, 0) is 0 Å². The molecule has 10 heavy (non-hydrogen) atoms. The van der Waals surface area contributed by atoms with Crippen molar-refractivity contribution in [2.24, 2.45) is 11.1 Å². The van der Waals surface area contributed by atoms with Crippen molar-refractivity contribution in [1.82, 2.24) is 0 Å². The Hall–Kier alpha value is -0.0400. The molecule has 0 spiro atoms. The standard InChI is InChI=1S/C9H21N/c1-6-7-9(5,10)8(2,3)4/h6-7,10H2,1-5H3. The van der Waals surface area contributed by atoms with Crippen molar-refractivity contribution in [3.63, 3.8) is 0 Å². The van der Waals surface area contributed by atoms with Crippen LogP contribution in [0.3, 0.4) is 0 Å². The van der Waals surface area contributed by atoms with Gasteiger partial charge < -0.3 is 5.73 Å². The Labute approximate surface area is 65.0 Å². The molecule has 0 saturated carbocycles. The fraction of sp³-hybridized carbons (Fsp3) is 1.00. The lowest BCUT2D eigenvalue weighted by atomic mass is 9.73. The van der Waals surface area contributed by atoms with E-state index in [9.17, 15) is 0 Å². The van der Waals surface area contributed by atoms with Crippen LogP contribution in [-0.4, -0.2) is 5.54 Å². The van der Waals surface area contributed by atoms with Crippen LogP contribution < -0.4 is 5.73 Å². The molecular formula is C9H21N. The minimum Gasteiger partial charge on any atom is -0.325 e. The minimum absolute atomic E-state index is 0.0122. The maximum absolute atomic E-state index is 6.10. The topological polar surface area (TPSA) is 26.0 Å². The van der Waals surface area contributed by atoms with Gasteiger partial charge in [0.15, 0.2) is 0 Å². The number of nitrogens with two attached hydrogens (primary N) is 1. The molecule has 0 radical (unpaired) electrons. The fourth-order valence-corrected chi connectivity index (χ4v) is 0.894. The molecule has 62 valence electrons. The SMILES string of the molecule is CCCC(C)(N)C(C)(C)C. The largest absolute Gasteiger partial charge is 0.325 e. The zero-order valence-corrected chi connectivity index (χ0v) is 7.99. The van der Waals surface area contributed by atoms with Gasteiger partial charge in [0, 0.05) is 5.54 Å². The quantitative estimate of drug-likeness (QED) is 0.631. The maximum atomic E-state index is 6.10. The molecule has 0 saturated heterocycles. The zero-order chi connectivity index (χ0) is 8.41. The van der Waals surface area contributed by atoms with E-state index in [4.69, 9.17) is 5.73 Å². The second-order valence-corrected chi connectivity index (χ2v) is 4.42. The number of hydrogen-bond donors (Lipinski definition) is 1. The predicted octanol–water partition coefficient (Wildman–Crippen LogP) is 2.55. The molecule has 1 atom stereocenters. The smallest absolute Gasteiger partial charge is 0.0174 e. The normalized spacial score (nSPS) is 18.6. The molecule has 1 nitrogen and oxygen atoms in total. The van der Waals surface area contributed by atoms with Crippen molar-refractivity contribution >= 4 is 0 Å². The highest BCUT2D eigenvalue weighted by atomic mass is 14.8. The average Bonchev–Trinajstić information content (AvgIpc) is 1.61. The molecule has 0 aliphatic heterocycles. The van der Waals surface area contributed by atoms with Gasteiger partial charge in [-0.3, -0.25) is 0 Å². The first kappa shape index (κ1) is 9.96. The molecule has 0 aromatic rings. The first-order valence-corrected chi connectivity index (χ1v) is 4.10. The summed E-state index contributed by atoms with van der Waals surface area (Å²) >= 11 is 0. The molecule has 0 aliphatic rings. The van der Waals surface area contributed by atoms with Crippen LogP contribution >= 0.6 is 0 Å². The molecule has 0 rings (SSSR count). The zero-order valence-electron chi connectivity index (χ0n) is 7.99. The lowest BCUT2D eigenvalue weighted by Gasteiger charge is -2.38. The van der Waals surface area contributed by atoms with Gasteiger partial charge >= 0.3 is 0 Å². The highest BCUT2D eigenvalue weighted by Gasteiger charge is 2.31. The first-order chi connectivity index (χ1) is 4.31. The minimum atomic E-state index is -0.0122. The van der Waals surface area contributed by atoms with Gasteiger partial charge in [0.25, 0.3) is 0 Å². The van der Waals surface area contributed by atoms with Gasteiger partial charge in [0.2, 0.25) is 0 Å². The van der Waals surface area contributed by atoms with Gasteiger partial charge in [0.05, 0.1) is 0 Å². The van der Waals surface area contributed by atoms with E-state index in [1.807, 2.05) is 0 Å². The summed E-state index contributed by atoms with van der Waals surface area (Å²) in [4.78, 5) is 0. The molecule has 0 bridgehead atoms. The highest BCUT2D eigenvalue weighted by Crippen LogP contribution is 2.30. The van der Waals surface area contributed by atoms with Crippen molar-refractivity contribution in [3.8, 4) is 0 Å². The van der Waals surface area contributed by atoms with Crippen LogP contribution in [0.2, 0.25) is 0 Å². The van der Waals surface area contributed by atoms with Crippen molar-refractivity contribution in [1.29, 1.82) is 0 Å². The Morgan fingerprint density at radius 1 is 1.10 bits per heavy atom.